The Balaban J connectivity index is 2.09. The number of carboxylic acid groups (broad SMARTS) is 2. The fourth-order valence-electron chi connectivity index (χ4n) is 5.59. The molecule has 0 aromatic heterocycles. The molecule has 2 bridgehead atoms. The van der Waals surface area contributed by atoms with E-state index in [-0.39, 0.29) is 24.0 Å². The maximum atomic E-state index is 12.3. The van der Waals surface area contributed by atoms with Gasteiger partial charge in [0.05, 0.1) is 23.0 Å². The van der Waals surface area contributed by atoms with Crippen molar-refractivity contribution in [3.05, 3.63) is 0 Å². The average molecular weight is 310 g/mol. The highest BCUT2D eigenvalue weighted by Crippen LogP contribution is 2.75. The largest absolute Gasteiger partial charge is 0.481 e. The monoisotopic (exact) mass is 310 g/mol. The van der Waals surface area contributed by atoms with E-state index in [1.165, 1.54) is 0 Å². The number of hydrogen-bond donors (Lipinski definition) is 2. The second-order valence-electron chi connectivity index (χ2n) is 7.27. The van der Waals surface area contributed by atoms with Crippen LogP contribution >= 0.6 is 0 Å². The van der Waals surface area contributed by atoms with Crippen LogP contribution in [0.25, 0.3) is 0 Å². The molecule has 1 aliphatic heterocycles. The molecule has 2 saturated carbocycles. The molecule has 5 nitrogen and oxygen atoms in total. The molecule has 6 atom stereocenters. The molecular weight excluding hydrogens is 284 g/mol. The Morgan fingerprint density at radius 1 is 0.955 bits per heavy atom. The number of aliphatic carboxylic acids is 2. The maximum absolute atomic E-state index is 12.3. The zero-order valence-electron chi connectivity index (χ0n) is 13.4. The van der Waals surface area contributed by atoms with Crippen LogP contribution in [0.2, 0.25) is 0 Å². The minimum absolute atomic E-state index is 0.00735. The molecule has 3 aliphatic rings. The summed E-state index contributed by atoms with van der Waals surface area (Å²) in [5.74, 6) is -2.08. The molecule has 2 N–H and O–H groups in total. The highest BCUT2D eigenvalue weighted by atomic mass is 16.6. The molecular formula is C17H26O5. The molecule has 3 fully saturated rings. The molecule has 1 saturated heterocycles. The summed E-state index contributed by atoms with van der Waals surface area (Å²) >= 11 is 0. The lowest BCUT2D eigenvalue weighted by Gasteiger charge is -2.47. The van der Waals surface area contributed by atoms with Crippen molar-refractivity contribution in [3.8, 4) is 0 Å². The summed E-state index contributed by atoms with van der Waals surface area (Å²) < 4.78 is 5.68. The topological polar surface area (TPSA) is 87.1 Å². The number of fused-ring (bicyclic) bond motifs is 5. The van der Waals surface area contributed by atoms with Gasteiger partial charge < -0.3 is 14.9 Å². The zero-order valence-corrected chi connectivity index (χ0v) is 13.4. The Kier molecular flexibility index (Phi) is 3.75. The van der Waals surface area contributed by atoms with Crippen LogP contribution < -0.4 is 0 Å². The lowest BCUT2D eigenvalue weighted by atomic mass is 9.52. The lowest BCUT2D eigenvalue weighted by molar-refractivity contribution is -0.182. The third kappa shape index (κ3) is 1.69. The summed E-state index contributed by atoms with van der Waals surface area (Å²) in [6.07, 6.45) is 4.89. The van der Waals surface area contributed by atoms with E-state index < -0.39 is 22.8 Å². The smallest absolute Gasteiger partial charge is 0.311 e. The van der Waals surface area contributed by atoms with E-state index in [0.717, 1.165) is 25.7 Å². The number of hydrogen-bond acceptors (Lipinski definition) is 3. The Morgan fingerprint density at radius 2 is 1.36 bits per heavy atom. The summed E-state index contributed by atoms with van der Waals surface area (Å²) in [6, 6.07) is 0. The van der Waals surface area contributed by atoms with Gasteiger partial charge in [0.1, 0.15) is 0 Å². The third-order valence-electron chi connectivity index (χ3n) is 6.54. The van der Waals surface area contributed by atoms with E-state index in [9.17, 15) is 19.8 Å². The van der Waals surface area contributed by atoms with Crippen molar-refractivity contribution in [1.29, 1.82) is 0 Å². The Hall–Kier alpha value is -1.10. The van der Waals surface area contributed by atoms with Gasteiger partial charge in [-0.1, -0.05) is 39.5 Å². The summed E-state index contributed by atoms with van der Waals surface area (Å²) in [4.78, 5) is 24.7. The minimum Gasteiger partial charge on any atom is -0.481 e. The Bertz CT molecular complexity index is 447. The highest BCUT2D eigenvalue weighted by Gasteiger charge is 2.83. The number of carboxylic acids is 2. The lowest BCUT2D eigenvalue weighted by Crippen LogP contribution is -2.58. The Morgan fingerprint density at radius 3 is 1.68 bits per heavy atom. The summed E-state index contributed by atoms with van der Waals surface area (Å²) in [5.41, 5.74) is -2.29. The predicted octanol–water partition coefficient (Wildman–Crippen LogP) is 2.93. The van der Waals surface area contributed by atoms with Crippen LogP contribution in [0, 0.1) is 22.7 Å². The van der Waals surface area contributed by atoms with Gasteiger partial charge in [-0.2, -0.15) is 0 Å². The van der Waals surface area contributed by atoms with E-state index in [1.54, 1.807) is 0 Å². The van der Waals surface area contributed by atoms with Crippen molar-refractivity contribution < 1.29 is 24.5 Å². The summed E-state index contributed by atoms with van der Waals surface area (Å²) in [6.45, 7) is 4.04. The van der Waals surface area contributed by atoms with Gasteiger partial charge in [-0.05, 0) is 19.3 Å². The minimum atomic E-state index is -1.15. The van der Waals surface area contributed by atoms with Crippen molar-refractivity contribution in [1.82, 2.24) is 0 Å². The van der Waals surface area contributed by atoms with Crippen molar-refractivity contribution >= 4 is 11.9 Å². The molecule has 2 aliphatic carbocycles. The van der Waals surface area contributed by atoms with Gasteiger partial charge in [0, 0.05) is 11.8 Å². The fraction of sp³-hybridized carbons (Fsp3) is 0.882. The van der Waals surface area contributed by atoms with Gasteiger partial charge in [-0.15, -0.1) is 0 Å². The van der Waals surface area contributed by atoms with E-state index in [0.29, 0.717) is 19.3 Å². The number of epoxide rings is 1. The van der Waals surface area contributed by atoms with Gasteiger partial charge >= 0.3 is 11.9 Å². The van der Waals surface area contributed by atoms with E-state index >= 15 is 0 Å². The molecule has 0 aromatic carbocycles. The first-order valence-corrected chi connectivity index (χ1v) is 8.59. The van der Waals surface area contributed by atoms with Crippen LogP contribution in [0.15, 0.2) is 0 Å². The average Bonchev–Trinajstić information content (AvgIpc) is 3.11. The van der Waals surface area contributed by atoms with E-state index in [4.69, 9.17) is 4.74 Å². The highest BCUT2D eigenvalue weighted by molar-refractivity contribution is 5.89. The first-order chi connectivity index (χ1) is 10.5. The van der Waals surface area contributed by atoms with Crippen LogP contribution in [-0.2, 0) is 14.3 Å². The molecule has 6 unspecified atom stereocenters. The molecule has 3 rings (SSSR count). The molecule has 0 aromatic rings. The standard InChI is InChI=1S/C17H26O5/c1-3-5-7-16(14(18)19)10-9-11(13-12(10)22-13)17(16,15(20)21)8-6-4-2/h10-13H,3-9H2,1-2H3,(H,18,19)(H,20,21). The second-order valence-corrected chi connectivity index (χ2v) is 7.27. The molecule has 5 heteroatoms. The van der Waals surface area contributed by atoms with Crippen molar-refractivity contribution in [2.45, 2.75) is 71.0 Å². The van der Waals surface area contributed by atoms with Crippen molar-refractivity contribution in [2.24, 2.45) is 22.7 Å². The van der Waals surface area contributed by atoms with Crippen LogP contribution in [0.1, 0.15) is 58.8 Å². The number of unbranched alkanes of at least 4 members (excludes halogenated alkanes) is 2. The molecule has 124 valence electrons. The van der Waals surface area contributed by atoms with Crippen LogP contribution in [0.4, 0.5) is 0 Å². The molecule has 0 amide bonds. The van der Waals surface area contributed by atoms with Crippen LogP contribution in [-0.4, -0.2) is 34.4 Å². The number of carbonyl (C=O) groups is 2. The third-order valence-corrected chi connectivity index (χ3v) is 6.54. The van der Waals surface area contributed by atoms with Gasteiger partial charge in [0.15, 0.2) is 0 Å². The predicted molar refractivity (Wildman–Crippen MR) is 79.4 cm³/mol. The molecule has 1 heterocycles. The van der Waals surface area contributed by atoms with E-state index in [2.05, 4.69) is 0 Å². The molecule has 0 radical (unpaired) electrons. The normalized spacial score (nSPS) is 44.8. The van der Waals surface area contributed by atoms with Gasteiger partial charge in [0.2, 0.25) is 0 Å². The molecule has 22 heavy (non-hydrogen) atoms. The van der Waals surface area contributed by atoms with E-state index in [1.807, 2.05) is 13.8 Å². The number of rotatable bonds is 8. The van der Waals surface area contributed by atoms with Crippen LogP contribution in [0.5, 0.6) is 0 Å². The zero-order chi connectivity index (χ0) is 16.1. The van der Waals surface area contributed by atoms with Crippen molar-refractivity contribution in [3.63, 3.8) is 0 Å². The van der Waals surface area contributed by atoms with Gasteiger partial charge in [-0.25, -0.2) is 0 Å². The first kappa shape index (κ1) is 15.8. The van der Waals surface area contributed by atoms with Crippen molar-refractivity contribution in [2.75, 3.05) is 0 Å². The maximum Gasteiger partial charge on any atom is 0.311 e. The Labute approximate surface area is 131 Å². The summed E-state index contributed by atoms with van der Waals surface area (Å²) in [7, 11) is 0. The second kappa shape index (κ2) is 5.22. The molecule has 0 spiro atoms. The van der Waals surface area contributed by atoms with Gasteiger partial charge in [0.25, 0.3) is 0 Å². The quantitative estimate of drug-likeness (QED) is 0.673. The van der Waals surface area contributed by atoms with Gasteiger partial charge in [-0.3, -0.25) is 9.59 Å². The van der Waals surface area contributed by atoms with Crippen LogP contribution in [0.3, 0.4) is 0 Å². The fourth-order valence-corrected chi connectivity index (χ4v) is 5.59. The number of ether oxygens (including phenoxy) is 1. The summed E-state index contributed by atoms with van der Waals surface area (Å²) in [5, 5.41) is 20.2. The first-order valence-electron chi connectivity index (χ1n) is 8.59. The SMILES string of the molecule is CCCCC1(C(=O)O)C2CC(C3OC32)C1(CCCC)C(=O)O.